The van der Waals surface area contributed by atoms with Gasteiger partial charge in [-0.2, -0.15) is 0 Å². The molecule has 4 rings (SSSR count). The summed E-state index contributed by atoms with van der Waals surface area (Å²) >= 11 is 11.3. The maximum atomic E-state index is 13.1. The fraction of sp³-hybridized carbons (Fsp3) is 0.0455. The van der Waals surface area contributed by atoms with Gasteiger partial charge >= 0.3 is 0 Å². The molecule has 2 amide bonds. The first-order chi connectivity index (χ1) is 15.8. The van der Waals surface area contributed by atoms with Gasteiger partial charge in [-0.1, -0.05) is 11.6 Å². The molecule has 0 spiro atoms. The molecule has 1 aliphatic heterocycles. The van der Waals surface area contributed by atoms with Crippen LogP contribution < -0.4 is 15.0 Å². The lowest BCUT2D eigenvalue weighted by molar-refractivity contribution is -0.384. The largest absolute Gasteiger partial charge is 0.497 e. The van der Waals surface area contributed by atoms with Crippen molar-refractivity contribution in [3.63, 3.8) is 0 Å². The van der Waals surface area contributed by atoms with Crippen LogP contribution in [0.25, 0.3) is 17.4 Å². The van der Waals surface area contributed by atoms with Gasteiger partial charge in [0.1, 0.15) is 22.8 Å². The lowest BCUT2D eigenvalue weighted by Crippen LogP contribution is -2.54. The molecule has 0 bridgehead atoms. The molecule has 0 unspecified atom stereocenters. The Labute approximate surface area is 197 Å². The van der Waals surface area contributed by atoms with Crippen LogP contribution in [-0.2, 0) is 9.59 Å². The predicted molar refractivity (Wildman–Crippen MR) is 125 cm³/mol. The number of benzene rings is 2. The third-order valence-corrected chi connectivity index (χ3v) is 5.39. The minimum absolute atomic E-state index is 0.0594. The Hall–Kier alpha value is -4.02. The van der Waals surface area contributed by atoms with E-state index in [0.717, 1.165) is 0 Å². The number of amides is 2. The third-order valence-electron chi connectivity index (χ3n) is 4.77. The number of rotatable bonds is 5. The quantitative estimate of drug-likeness (QED) is 0.188. The molecule has 9 nitrogen and oxygen atoms in total. The highest BCUT2D eigenvalue weighted by molar-refractivity contribution is 7.80. The molecule has 166 valence electrons. The van der Waals surface area contributed by atoms with Gasteiger partial charge in [-0.05, 0) is 60.8 Å². The van der Waals surface area contributed by atoms with E-state index in [9.17, 15) is 19.7 Å². The van der Waals surface area contributed by atoms with E-state index in [1.54, 1.807) is 24.3 Å². The SMILES string of the molecule is COc1ccc(N2C(=O)/C(=C\c3ccc(-c4cc([N+](=O)[O-])ccc4Cl)o3)C(=O)NC2=S)cc1. The fourth-order valence-corrected chi connectivity index (χ4v) is 3.65. The molecular formula is C22H14ClN3O6S. The molecule has 11 heteroatoms. The zero-order valence-electron chi connectivity index (χ0n) is 16.9. The standard InChI is InChI=1S/C22H14ClN3O6S/c1-31-14-5-2-12(3-6-14)25-21(28)17(20(27)24-22(25)33)11-15-7-9-19(32-15)16-10-13(26(29)30)4-8-18(16)23/h2-11H,1H3,(H,24,27,33)/b17-11-. The molecule has 2 heterocycles. The molecule has 0 saturated carbocycles. The van der Waals surface area contributed by atoms with Crippen LogP contribution in [0, 0.1) is 10.1 Å². The first-order valence-electron chi connectivity index (χ1n) is 9.38. The van der Waals surface area contributed by atoms with Crippen LogP contribution in [0.2, 0.25) is 5.02 Å². The number of nitrogens with one attached hydrogen (secondary N) is 1. The van der Waals surface area contributed by atoms with Crippen molar-refractivity contribution in [1.82, 2.24) is 5.32 Å². The number of nitrogens with zero attached hydrogens (tertiary/aromatic N) is 2. The number of hydrogen-bond donors (Lipinski definition) is 1. The number of halogens is 1. The van der Waals surface area contributed by atoms with Gasteiger partial charge in [0.15, 0.2) is 5.11 Å². The maximum absolute atomic E-state index is 13.1. The number of hydrogen-bond acceptors (Lipinski definition) is 7. The van der Waals surface area contributed by atoms with Crippen molar-refractivity contribution < 1.29 is 23.7 Å². The summed E-state index contributed by atoms with van der Waals surface area (Å²) < 4.78 is 10.8. The monoisotopic (exact) mass is 483 g/mol. The highest BCUT2D eigenvalue weighted by Crippen LogP contribution is 2.33. The van der Waals surface area contributed by atoms with Crippen LogP contribution in [0.3, 0.4) is 0 Å². The van der Waals surface area contributed by atoms with Crippen LogP contribution in [0.1, 0.15) is 5.76 Å². The lowest BCUT2D eigenvalue weighted by Gasteiger charge is -2.28. The Balaban J connectivity index is 1.67. The summed E-state index contributed by atoms with van der Waals surface area (Å²) in [5.74, 6) is -0.312. The number of methoxy groups -OCH3 is 1. The zero-order chi connectivity index (χ0) is 23.7. The van der Waals surface area contributed by atoms with Gasteiger partial charge in [0.05, 0.1) is 22.7 Å². The molecule has 0 aliphatic carbocycles. The van der Waals surface area contributed by atoms with Gasteiger partial charge in [-0.15, -0.1) is 0 Å². The van der Waals surface area contributed by atoms with Crippen LogP contribution >= 0.6 is 23.8 Å². The highest BCUT2D eigenvalue weighted by atomic mass is 35.5. The Morgan fingerprint density at radius 1 is 1.15 bits per heavy atom. The second kappa shape index (κ2) is 8.85. The van der Waals surface area contributed by atoms with Crippen LogP contribution in [0.15, 0.2) is 64.6 Å². The van der Waals surface area contributed by atoms with Crippen molar-refractivity contribution in [1.29, 1.82) is 0 Å². The van der Waals surface area contributed by atoms with E-state index in [2.05, 4.69) is 5.32 Å². The second-order valence-electron chi connectivity index (χ2n) is 6.78. The summed E-state index contributed by atoms with van der Waals surface area (Å²) in [5.41, 5.74) is 0.387. The number of carbonyl (C=O) groups excluding carboxylic acids is 2. The third kappa shape index (κ3) is 4.34. The number of anilines is 1. The molecular weight excluding hydrogens is 470 g/mol. The number of carbonyl (C=O) groups is 2. The van der Waals surface area contributed by atoms with E-state index in [1.807, 2.05) is 0 Å². The normalized spacial score (nSPS) is 15.0. The minimum atomic E-state index is -0.680. The average Bonchev–Trinajstić information content (AvgIpc) is 3.25. The molecule has 2 aromatic carbocycles. The smallest absolute Gasteiger partial charge is 0.270 e. The van der Waals surface area contributed by atoms with Crippen LogP contribution in [0.5, 0.6) is 5.75 Å². The van der Waals surface area contributed by atoms with E-state index < -0.39 is 16.7 Å². The molecule has 1 aromatic heterocycles. The Bertz CT molecular complexity index is 1330. The molecule has 1 aliphatic rings. The van der Waals surface area contributed by atoms with Crippen molar-refractivity contribution in [2.75, 3.05) is 12.0 Å². The van der Waals surface area contributed by atoms with E-state index in [4.69, 9.17) is 33.0 Å². The van der Waals surface area contributed by atoms with E-state index in [1.165, 1.54) is 48.4 Å². The first kappa shape index (κ1) is 22.2. The van der Waals surface area contributed by atoms with Gasteiger partial charge in [0, 0.05) is 17.7 Å². The molecule has 0 radical (unpaired) electrons. The number of thiocarbonyl (C=S) groups is 1. The molecule has 0 atom stereocenters. The summed E-state index contributed by atoms with van der Waals surface area (Å²) in [6.07, 6.45) is 1.27. The van der Waals surface area contributed by atoms with E-state index >= 15 is 0 Å². The summed E-state index contributed by atoms with van der Waals surface area (Å²) in [6, 6.07) is 13.6. The van der Waals surface area contributed by atoms with Crippen molar-refractivity contribution in [2.45, 2.75) is 0 Å². The number of furan rings is 1. The number of nitro groups is 1. The Kier molecular flexibility index (Phi) is 5.95. The number of ether oxygens (including phenoxy) is 1. The summed E-state index contributed by atoms with van der Waals surface area (Å²) in [6.45, 7) is 0. The molecule has 1 saturated heterocycles. The molecule has 1 N–H and O–H groups in total. The minimum Gasteiger partial charge on any atom is -0.497 e. The van der Waals surface area contributed by atoms with Crippen molar-refractivity contribution in [3.05, 3.63) is 81.1 Å². The average molecular weight is 484 g/mol. The lowest BCUT2D eigenvalue weighted by atomic mass is 10.1. The van der Waals surface area contributed by atoms with Gasteiger partial charge in [-0.25, -0.2) is 0 Å². The van der Waals surface area contributed by atoms with Gasteiger partial charge in [0.25, 0.3) is 17.5 Å². The predicted octanol–water partition coefficient (Wildman–Crippen LogP) is 4.35. The Morgan fingerprint density at radius 3 is 2.55 bits per heavy atom. The topological polar surface area (TPSA) is 115 Å². The van der Waals surface area contributed by atoms with Gasteiger partial charge in [0.2, 0.25) is 0 Å². The Morgan fingerprint density at radius 2 is 1.88 bits per heavy atom. The van der Waals surface area contributed by atoms with Gasteiger partial charge < -0.3 is 9.15 Å². The maximum Gasteiger partial charge on any atom is 0.270 e. The zero-order valence-corrected chi connectivity index (χ0v) is 18.5. The number of nitro benzene ring substituents is 1. The highest BCUT2D eigenvalue weighted by Gasteiger charge is 2.34. The summed E-state index contributed by atoms with van der Waals surface area (Å²) in [4.78, 5) is 37.3. The second-order valence-corrected chi connectivity index (χ2v) is 7.57. The summed E-state index contributed by atoms with van der Waals surface area (Å²) in [5, 5.41) is 13.7. The van der Waals surface area contributed by atoms with Crippen molar-refractivity contribution in [2.24, 2.45) is 0 Å². The molecule has 1 fully saturated rings. The summed E-state index contributed by atoms with van der Waals surface area (Å²) in [7, 11) is 1.52. The van der Waals surface area contributed by atoms with E-state index in [-0.39, 0.29) is 32.9 Å². The number of non-ortho nitro benzene ring substituents is 1. The molecule has 3 aromatic rings. The van der Waals surface area contributed by atoms with Crippen LogP contribution in [0.4, 0.5) is 11.4 Å². The van der Waals surface area contributed by atoms with Gasteiger partial charge in [-0.3, -0.25) is 29.9 Å². The van der Waals surface area contributed by atoms with Crippen molar-refractivity contribution in [3.8, 4) is 17.1 Å². The molecule has 33 heavy (non-hydrogen) atoms. The van der Waals surface area contributed by atoms with E-state index in [0.29, 0.717) is 17.0 Å². The van der Waals surface area contributed by atoms with Crippen LogP contribution in [-0.4, -0.2) is 29.0 Å². The fourth-order valence-electron chi connectivity index (χ4n) is 3.16. The van der Waals surface area contributed by atoms with Crippen molar-refractivity contribution >= 4 is 58.2 Å². The first-order valence-corrected chi connectivity index (χ1v) is 10.2.